The van der Waals surface area contributed by atoms with E-state index >= 15 is 0 Å². The van der Waals surface area contributed by atoms with Gasteiger partial charge in [0.2, 0.25) is 0 Å². The van der Waals surface area contributed by atoms with Crippen molar-refractivity contribution < 1.29 is 0 Å². The molecule has 19 heavy (non-hydrogen) atoms. The van der Waals surface area contributed by atoms with Gasteiger partial charge in [0, 0.05) is 32.0 Å². The first kappa shape index (κ1) is 13.8. The largest absolute Gasteiger partial charge is 0.333 e. The van der Waals surface area contributed by atoms with Gasteiger partial charge < -0.3 is 10.3 Å². The van der Waals surface area contributed by atoms with Crippen LogP contribution in [0.25, 0.3) is 0 Å². The summed E-state index contributed by atoms with van der Waals surface area (Å²) in [6.45, 7) is 5.28. The summed E-state index contributed by atoms with van der Waals surface area (Å²) in [4.78, 5) is 4.23. The number of hydrogen-bond donors (Lipinski definition) is 1. The topological polar surface area (TPSA) is 61.7 Å². The maximum atomic E-state index is 6.24. The second-order valence-electron chi connectivity index (χ2n) is 5.52. The predicted molar refractivity (Wildman–Crippen MR) is 75.5 cm³/mol. The van der Waals surface area contributed by atoms with E-state index < -0.39 is 0 Å². The van der Waals surface area contributed by atoms with E-state index in [1.165, 1.54) is 5.56 Å². The van der Waals surface area contributed by atoms with Crippen molar-refractivity contribution in [2.45, 2.75) is 39.3 Å². The highest BCUT2D eigenvalue weighted by molar-refractivity contribution is 5.07. The van der Waals surface area contributed by atoms with Crippen molar-refractivity contribution in [1.82, 2.24) is 19.3 Å². The van der Waals surface area contributed by atoms with Gasteiger partial charge in [0.15, 0.2) is 0 Å². The lowest BCUT2D eigenvalue weighted by atomic mass is 10.0. The summed E-state index contributed by atoms with van der Waals surface area (Å²) in [5, 5.41) is 4.18. The minimum Gasteiger partial charge on any atom is -0.333 e. The monoisotopic (exact) mass is 261 g/mol. The molecule has 5 heteroatoms. The highest BCUT2D eigenvalue weighted by Crippen LogP contribution is 2.18. The Hall–Kier alpha value is -1.62. The molecule has 0 aliphatic carbocycles. The van der Waals surface area contributed by atoms with Crippen LogP contribution in [-0.2, 0) is 20.0 Å². The third-order valence-electron chi connectivity index (χ3n) is 3.25. The minimum absolute atomic E-state index is 0.0661. The second-order valence-corrected chi connectivity index (χ2v) is 5.52. The van der Waals surface area contributed by atoms with Gasteiger partial charge >= 0.3 is 0 Å². The Labute approximate surface area is 114 Å². The highest BCUT2D eigenvalue weighted by atomic mass is 15.2. The van der Waals surface area contributed by atoms with E-state index in [9.17, 15) is 0 Å². The molecule has 0 fully saturated rings. The van der Waals surface area contributed by atoms with Gasteiger partial charge in [-0.1, -0.05) is 13.8 Å². The van der Waals surface area contributed by atoms with Gasteiger partial charge in [0.1, 0.15) is 0 Å². The lowest BCUT2D eigenvalue weighted by Gasteiger charge is -2.16. The molecule has 0 aliphatic rings. The fraction of sp³-hybridized carbons (Fsp3) is 0.571. The number of hydrogen-bond acceptors (Lipinski definition) is 3. The van der Waals surface area contributed by atoms with Crippen LogP contribution in [0.1, 0.15) is 37.6 Å². The number of imidazole rings is 1. The minimum atomic E-state index is 0.0661. The number of aromatic nitrogens is 4. The molecular weight excluding hydrogens is 238 g/mol. The van der Waals surface area contributed by atoms with E-state index in [1.54, 1.807) is 0 Å². The van der Waals surface area contributed by atoms with E-state index in [4.69, 9.17) is 5.73 Å². The Morgan fingerprint density at radius 2 is 2.11 bits per heavy atom. The first-order valence-corrected chi connectivity index (χ1v) is 6.79. The Balaban J connectivity index is 1.99. The van der Waals surface area contributed by atoms with Crippen molar-refractivity contribution in [3.63, 3.8) is 0 Å². The zero-order valence-corrected chi connectivity index (χ0v) is 12.0. The van der Waals surface area contributed by atoms with Gasteiger partial charge in [-0.25, -0.2) is 4.98 Å². The van der Waals surface area contributed by atoms with Gasteiger partial charge in [-0.3, -0.25) is 4.68 Å². The molecule has 2 rings (SSSR count). The molecule has 104 valence electrons. The van der Waals surface area contributed by atoms with Crippen LogP contribution in [0.5, 0.6) is 0 Å². The van der Waals surface area contributed by atoms with E-state index in [1.807, 2.05) is 36.6 Å². The van der Waals surface area contributed by atoms with Gasteiger partial charge in [0.25, 0.3) is 0 Å². The normalized spacial score (nSPS) is 13.1. The standard InChI is InChI=1S/C14H23N5/c1-11(2)6-13(15)14-8-16-10-19(14)5-4-12-7-17-18(3)9-12/h7-11,13H,4-6,15H2,1-3H3. The summed E-state index contributed by atoms with van der Waals surface area (Å²) in [5.74, 6) is 0.594. The van der Waals surface area contributed by atoms with E-state index in [-0.39, 0.29) is 6.04 Å². The van der Waals surface area contributed by atoms with E-state index in [2.05, 4.69) is 28.5 Å². The zero-order valence-electron chi connectivity index (χ0n) is 12.0. The van der Waals surface area contributed by atoms with Crippen molar-refractivity contribution in [3.05, 3.63) is 36.2 Å². The van der Waals surface area contributed by atoms with Crippen LogP contribution in [0.2, 0.25) is 0 Å². The molecule has 0 aliphatic heterocycles. The quantitative estimate of drug-likeness (QED) is 0.864. The molecule has 0 saturated heterocycles. The zero-order chi connectivity index (χ0) is 13.8. The van der Waals surface area contributed by atoms with Crippen LogP contribution < -0.4 is 5.73 Å². The fourth-order valence-electron chi connectivity index (χ4n) is 2.31. The van der Waals surface area contributed by atoms with Crippen molar-refractivity contribution in [3.8, 4) is 0 Å². The van der Waals surface area contributed by atoms with Crippen molar-refractivity contribution in [2.24, 2.45) is 18.7 Å². The molecule has 5 nitrogen and oxygen atoms in total. The second kappa shape index (κ2) is 6.02. The first-order chi connectivity index (χ1) is 9.06. The smallest absolute Gasteiger partial charge is 0.0948 e. The van der Waals surface area contributed by atoms with E-state index in [0.29, 0.717) is 5.92 Å². The van der Waals surface area contributed by atoms with Gasteiger partial charge in [-0.15, -0.1) is 0 Å². The molecule has 1 unspecified atom stereocenters. The van der Waals surface area contributed by atoms with Crippen LogP contribution >= 0.6 is 0 Å². The maximum absolute atomic E-state index is 6.24. The third-order valence-corrected chi connectivity index (χ3v) is 3.25. The number of rotatable bonds is 6. The summed E-state index contributed by atoms with van der Waals surface area (Å²) in [5.41, 5.74) is 8.60. The fourth-order valence-corrected chi connectivity index (χ4v) is 2.31. The third kappa shape index (κ3) is 3.67. The summed E-state index contributed by atoms with van der Waals surface area (Å²) >= 11 is 0. The first-order valence-electron chi connectivity index (χ1n) is 6.79. The molecule has 0 saturated carbocycles. The van der Waals surface area contributed by atoms with Crippen molar-refractivity contribution >= 4 is 0 Å². The van der Waals surface area contributed by atoms with Crippen LogP contribution in [-0.4, -0.2) is 19.3 Å². The lowest BCUT2D eigenvalue weighted by molar-refractivity contribution is 0.483. The van der Waals surface area contributed by atoms with Gasteiger partial charge in [-0.2, -0.15) is 5.10 Å². The lowest BCUT2D eigenvalue weighted by Crippen LogP contribution is -2.17. The summed E-state index contributed by atoms with van der Waals surface area (Å²) in [7, 11) is 1.94. The molecule has 2 heterocycles. The molecule has 0 amide bonds. The SMILES string of the molecule is CC(C)CC(N)c1cncn1CCc1cnn(C)c1. The molecule has 0 spiro atoms. The average molecular weight is 261 g/mol. The molecule has 1 atom stereocenters. The number of nitrogens with two attached hydrogens (primary N) is 1. The summed E-state index contributed by atoms with van der Waals surface area (Å²) in [6, 6.07) is 0.0661. The number of aryl methyl sites for hydroxylation is 3. The van der Waals surface area contributed by atoms with E-state index in [0.717, 1.165) is 25.1 Å². The summed E-state index contributed by atoms with van der Waals surface area (Å²) < 4.78 is 3.98. The van der Waals surface area contributed by atoms with Gasteiger partial charge in [0.05, 0.1) is 18.2 Å². The van der Waals surface area contributed by atoms with Crippen LogP contribution in [0.4, 0.5) is 0 Å². The number of nitrogens with zero attached hydrogens (tertiary/aromatic N) is 4. The molecular formula is C14H23N5. The van der Waals surface area contributed by atoms with Crippen LogP contribution in [0, 0.1) is 5.92 Å². The maximum Gasteiger partial charge on any atom is 0.0948 e. The molecule has 2 aromatic rings. The summed E-state index contributed by atoms with van der Waals surface area (Å²) in [6.07, 6.45) is 9.64. The molecule has 0 aromatic carbocycles. The predicted octanol–water partition coefficient (Wildman–Crippen LogP) is 1.91. The van der Waals surface area contributed by atoms with Gasteiger partial charge in [-0.05, 0) is 24.3 Å². The molecule has 0 bridgehead atoms. The van der Waals surface area contributed by atoms with Crippen LogP contribution in [0.15, 0.2) is 24.9 Å². The highest BCUT2D eigenvalue weighted by Gasteiger charge is 2.13. The average Bonchev–Trinajstić information content (AvgIpc) is 2.93. The Kier molecular flexibility index (Phi) is 4.37. The molecule has 2 N–H and O–H groups in total. The van der Waals surface area contributed by atoms with Crippen LogP contribution in [0.3, 0.4) is 0 Å². The molecule has 0 radical (unpaired) electrons. The van der Waals surface area contributed by atoms with Crippen molar-refractivity contribution in [2.75, 3.05) is 0 Å². The molecule has 2 aromatic heterocycles. The Bertz CT molecular complexity index is 511. The Morgan fingerprint density at radius 3 is 2.74 bits per heavy atom. The van der Waals surface area contributed by atoms with Crippen molar-refractivity contribution in [1.29, 1.82) is 0 Å². The Morgan fingerprint density at radius 1 is 1.32 bits per heavy atom.